The van der Waals surface area contributed by atoms with E-state index < -0.39 is 0 Å². The average Bonchev–Trinajstić information content (AvgIpc) is 2.91. The first-order valence-electron chi connectivity index (χ1n) is 7.62. The van der Waals surface area contributed by atoms with E-state index in [2.05, 4.69) is 53.5 Å². The molecule has 0 radical (unpaired) electrons. The van der Waals surface area contributed by atoms with Crippen LogP contribution in [0.3, 0.4) is 0 Å². The zero-order chi connectivity index (χ0) is 14.8. The first kappa shape index (κ1) is 13.8. The number of benzene rings is 1. The summed E-state index contributed by atoms with van der Waals surface area (Å²) in [7, 11) is 0. The molecule has 0 bridgehead atoms. The third-order valence-electron chi connectivity index (χ3n) is 3.81. The molecule has 3 heteroatoms. The first-order chi connectivity index (χ1) is 10.2. The lowest BCUT2D eigenvalue weighted by molar-refractivity contribution is 0.805. The molecule has 0 N–H and O–H groups in total. The third-order valence-corrected chi connectivity index (χ3v) is 3.81. The molecule has 2 heterocycles. The van der Waals surface area contributed by atoms with Gasteiger partial charge in [-0.15, -0.1) is 0 Å². The minimum atomic E-state index is 0.453. The van der Waals surface area contributed by atoms with Crippen molar-refractivity contribution < 1.29 is 0 Å². The quantitative estimate of drug-likeness (QED) is 0.704. The molecule has 0 spiro atoms. The topological polar surface area (TPSA) is 30.7 Å². The maximum absolute atomic E-state index is 4.64. The van der Waals surface area contributed by atoms with Crippen LogP contribution in [0.4, 0.5) is 0 Å². The second-order valence-corrected chi connectivity index (χ2v) is 5.75. The summed E-state index contributed by atoms with van der Waals surface area (Å²) in [6.07, 6.45) is 6.08. The molecule has 108 valence electrons. The van der Waals surface area contributed by atoms with Crippen LogP contribution in [0.5, 0.6) is 0 Å². The Morgan fingerprint density at radius 3 is 2.71 bits per heavy atom. The van der Waals surface area contributed by atoms with E-state index in [9.17, 15) is 0 Å². The smallest absolute Gasteiger partial charge is 0.100 e. The summed E-state index contributed by atoms with van der Waals surface area (Å²) in [5.74, 6) is 0.453. The Labute approximate surface area is 125 Å². The Morgan fingerprint density at radius 1 is 1.14 bits per heavy atom. The zero-order valence-corrected chi connectivity index (χ0v) is 12.9. The lowest BCUT2D eigenvalue weighted by atomic mass is 10.0. The van der Waals surface area contributed by atoms with Crippen LogP contribution in [0.15, 0.2) is 42.9 Å². The van der Waals surface area contributed by atoms with Crippen molar-refractivity contribution in [2.45, 2.75) is 39.5 Å². The molecule has 0 aliphatic heterocycles. The lowest BCUT2D eigenvalue weighted by Crippen LogP contribution is -2.03. The summed E-state index contributed by atoms with van der Waals surface area (Å²) < 4.78 is 2.15. The van der Waals surface area contributed by atoms with Crippen molar-refractivity contribution in [3.8, 4) is 5.69 Å². The number of hydrogen-bond acceptors (Lipinski definition) is 2. The molecule has 0 fully saturated rings. The van der Waals surface area contributed by atoms with Gasteiger partial charge in [-0.05, 0) is 36.1 Å². The molecule has 0 saturated carbocycles. The summed E-state index contributed by atoms with van der Waals surface area (Å²) in [5.41, 5.74) is 5.81. The van der Waals surface area contributed by atoms with Crippen LogP contribution in [-0.4, -0.2) is 14.5 Å². The van der Waals surface area contributed by atoms with Crippen molar-refractivity contribution in [3.63, 3.8) is 0 Å². The molecule has 3 nitrogen and oxygen atoms in total. The fourth-order valence-electron chi connectivity index (χ4n) is 2.66. The van der Waals surface area contributed by atoms with Gasteiger partial charge in [0.2, 0.25) is 0 Å². The van der Waals surface area contributed by atoms with Gasteiger partial charge >= 0.3 is 0 Å². The van der Waals surface area contributed by atoms with Crippen LogP contribution in [0.25, 0.3) is 16.7 Å². The maximum Gasteiger partial charge on any atom is 0.100 e. The second-order valence-electron chi connectivity index (χ2n) is 5.75. The van der Waals surface area contributed by atoms with E-state index in [0.717, 1.165) is 35.3 Å². The molecule has 3 rings (SSSR count). The van der Waals surface area contributed by atoms with E-state index in [-0.39, 0.29) is 0 Å². The van der Waals surface area contributed by atoms with Gasteiger partial charge in [0, 0.05) is 5.69 Å². The number of pyridine rings is 1. The Kier molecular flexibility index (Phi) is 3.74. The highest BCUT2D eigenvalue weighted by molar-refractivity contribution is 5.77. The predicted octanol–water partition coefficient (Wildman–Crippen LogP) is 4.50. The van der Waals surface area contributed by atoms with Crippen molar-refractivity contribution >= 4 is 11.0 Å². The number of rotatable bonds is 4. The van der Waals surface area contributed by atoms with Gasteiger partial charge in [-0.25, -0.2) is 4.98 Å². The standard InChI is InChI=1S/C18H21N3/c1-4-7-14-10-16(13(2)3)19-11-18(14)21-12-20-15-8-5-6-9-17(15)21/h5-6,8-13H,4,7H2,1-3H3. The minimum absolute atomic E-state index is 0.453. The van der Waals surface area contributed by atoms with E-state index in [1.807, 2.05) is 24.7 Å². The van der Waals surface area contributed by atoms with E-state index in [1.165, 1.54) is 5.56 Å². The minimum Gasteiger partial charge on any atom is -0.297 e. The van der Waals surface area contributed by atoms with Crippen LogP contribution in [0, 0.1) is 0 Å². The zero-order valence-electron chi connectivity index (χ0n) is 12.9. The van der Waals surface area contributed by atoms with E-state index in [0.29, 0.717) is 5.92 Å². The molecule has 3 aromatic rings. The summed E-state index contributed by atoms with van der Waals surface area (Å²) in [4.78, 5) is 9.12. The molecular weight excluding hydrogens is 258 g/mol. The molecule has 0 amide bonds. The number of fused-ring (bicyclic) bond motifs is 1. The molecule has 0 aliphatic rings. The molecule has 2 aromatic heterocycles. The van der Waals surface area contributed by atoms with Crippen molar-refractivity contribution in [1.82, 2.24) is 14.5 Å². The highest BCUT2D eigenvalue weighted by Crippen LogP contribution is 2.24. The van der Waals surface area contributed by atoms with E-state index >= 15 is 0 Å². The SMILES string of the molecule is CCCc1cc(C(C)C)ncc1-n1cnc2ccccc21. The van der Waals surface area contributed by atoms with Crippen LogP contribution >= 0.6 is 0 Å². The van der Waals surface area contributed by atoms with Gasteiger partial charge in [0.15, 0.2) is 0 Å². The summed E-state index contributed by atoms with van der Waals surface area (Å²) >= 11 is 0. The number of hydrogen-bond donors (Lipinski definition) is 0. The lowest BCUT2D eigenvalue weighted by Gasteiger charge is -2.13. The second kappa shape index (κ2) is 5.68. The molecule has 0 atom stereocenters. The Morgan fingerprint density at radius 2 is 1.95 bits per heavy atom. The molecule has 0 unspecified atom stereocenters. The van der Waals surface area contributed by atoms with Gasteiger partial charge in [-0.2, -0.15) is 0 Å². The molecule has 0 saturated heterocycles. The van der Waals surface area contributed by atoms with E-state index in [1.54, 1.807) is 0 Å². The highest BCUT2D eigenvalue weighted by Gasteiger charge is 2.11. The van der Waals surface area contributed by atoms with Crippen molar-refractivity contribution in [3.05, 3.63) is 54.1 Å². The van der Waals surface area contributed by atoms with Crippen molar-refractivity contribution in [2.24, 2.45) is 0 Å². The van der Waals surface area contributed by atoms with Gasteiger partial charge < -0.3 is 0 Å². The first-order valence-corrected chi connectivity index (χ1v) is 7.62. The van der Waals surface area contributed by atoms with Gasteiger partial charge in [-0.3, -0.25) is 9.55 Å². The van der Waals surface area contributed by atoms with Gasteiger partial charge in [0.05, 0.1) is 22.9 Å². The molecule has 1 aromatic carbocycles. The number of para-hydroxylation sites is 2. The van der Waals surface area contributed by atoms with Gasteiger partial charge in [-0.1, -0.05) is 39.3 Å². The number of aromatic nitrogens is 3. The van der Waals surface area contributed by atoms with Crippen LogP contribution in [-0.2, 0) is 6.42 Å². The maximum atomic E-state index is 4.64. The number of nitrogens with zero attached hydrogens (tertiary/aromatic N) is 3. The van der Waals surface area contributed by atoms with Gasteiger partial charge in [0.25, 0.3) is 0 Å². The average molecular weight is 279 g/mol. The molecule has 0 aliphatic carbocycles. The number of imidazole rings is 1. The Hall–Kier alpha value is -2.16. The van der Waals surface area contributed by atoms with Crippen LogP contribution in [0.1, 0.15) is 44.4 Å². The van der Waals surface area contributed by atoms with Crippen molar-refractivity contribution in [2.75, 3.05) is 0 Å². The fraction of sp³-hybridized carbons (Fsp3) is 0.333. The Balaban J connectivity index is 2.17. The summed E-state index contributed by atoms with van der Waals surface area (Å²) in [5, 5.41) is 0. The largest absolute Gasteiger partial charge is 0.297 e. The van der Waals surface area contributed by atoms with Crippen LogP contribution in [0.2, 0.25) is 0 Å². The highest BCUT2D eigenvalue weighted by atomic mass is 15.1. The van der Waals surface area contributed by atoms with Crippen LogP contribution < -0.4 is 0 Å². The third kappa shape index (κ3) is 2.56. The van der Waals surface area contributed by atoms with Gasteiger partial charge in [0.1, 0.15) is 6.33 Å². The fourth-order valence-corrected chi connectivity index (χ4v) is 2.66. The monoisotopic (exact) mass is 279 g/mol. The van der Waals surface area contributed by atoms with E-state index in [4.69, 9.17) is 0 Å². The summed E-state index contributed by atoms with van der Waals surface area (Å²) in [6, 6.07) is 10.5. The number of aryl methyl sites for hydroxylation is 1. The summed E-state index contributed by atoms with van der Waals surface area (Å²) in [6.45, 7) is 6.58. The predicted molar refractivity (Wildman–Crippen MR) is 86.9 cm³/mol. The Bertz CT molecular complexity index is 756. The van der Waals surface area contributed by atoms with Crippen molar-refractivity contribution in [1.29, 1.82) is 0 Å². The normalized spacial score (nSPS) is 11.4. The molecular formula is C18H21N3. The molecule has 21 heavy (non-hydrogen) atoms.